The van der Waals surface area contributed by atoms with Crippen molar-refractivity contribution in [1.29, 1.82) is 0 Å². The van der Waals surface area contributed by atoms with E-state index in [9.17, 15) is 8.78 Å². The third kappa shape index (κ3) is 4.79. The Morgan fingerprint density at radius 2 is 1.81 bits per heavy atom. The monoisotopic (exact) mass is 292 g/mol. The van der Waals surface area contributed by atoms with Gasteiger partial charge in [-0.1, -0.05) is 0 Å². The predicted molar refractivity (Wildman–Crippen MR) is 77.3 cm³/mol. The Labute approximate surface area is 123 Å². The molecule has 5 heteroatoms. The fourth-order valence-corrected chi connectivity index (χ4v) is 1.72. The van der Waals surface area contributed by atoms with E-state index in [0.29, 0.717) is 12.3 Å². The molecule has 0 saturated heterocycles. The Morgan fingerprint density at radius 1 is 1.14 bits per heavy atom. The van der Waals surface area contributed by atoms with Gasteiger partial charge >= 0.3 is 0 Å². The van der Waals surface area contributed by atoms with Crippen LogP contribution in [0.1, 0.15) is 26.3 Å². The number of aromatic nitrogens is 1. The normalized spacial score (nSPS) is 11.5. The number of hydrogen-bond donors (Lipinski definition) is 1. The first-order valence-electron chi connectivity index (χ1n) is 6.65. The van der Waals surface area contributed by atoms with E-state index in [1.54, 1.807) is 6.20 Å². The van der Waals surface area contributed by atoms with Crippen molar-refractivity contribution in [2.24, 2.45) is 0 Å². The molecule has 3 nitrogen and oxygen atoms in total. The van der Waals surface area contributed by atoms with Gasteiger partial charge in [0.05, 0.1) is 6.20 Å². The summed E-state index contributed by atoms with van der Waals surface area (Å²) in [5.41, 5.74) is 0.815. The summed E-state index contributed by atoms with van der Waals surface area (Å²) in [6.07, 6.45) is 3.18. The van der Waals surface area contributed by atoms with Crippen molar-refractivity contribution >= 4 is 0 Å². The lowest BCUT2D eigenvalue weighted by molar-refractivity contribution is 0.412. The quantitative estimate of drug-likeness (QED) is 0.923. The summed E-state index contributed by atoms with van der Waals surface area (Å²) < 4.78 is 31.9. The Balaban J connectivity index is 2.20. The third-order valence-corrected chi connectivity index (χ3v) is 2.74. The molecular weight excluding hydrogens is 274 g/mol. The van der Waals surface area contributed by atoms with Crippen molar-refractivity contribution in [2.75, 3.05) is 0 Å². The van der Waals surface area contributed by atoms with Crippen LogP contribution in [-0.4, -0.2) is 10.5 Å². The first-order chi connectivity index (χ1) is 9.83. The van der Waals surface area contributed by atoms with Gasteiger partial charge in [0.2, 0.25) is 0 Å². The molecule has 0 unspecified atom stereocenters. The molecule has 112 valence electrons. The predicted octanol–water partition coefficient (Wildman–Crippen LogP) is 4.04. The van der Waals surface area contributed by atoms with E-state index in [0.717, 1.165) is 23.8 Å². The summed E-state index contributed by atoms with van der Waals surface area (Å²) in [5.74, 6) is -0.775. The number of nitrogens with one attached hydrogen (secondary N) is 1. The number of rotatable bonds is 4. The standard InChI is InChI=1S/C16H18F2N2O/c1-16(2,3)20-9-11-4-5-19-10-15(11)21-14-7-12(17)6-13(18)8-14/h4-8,10,20H,9H2,1-3H3. The fourth-order valence-electron chi connectivity index (χ4n) is 1.72. The van der Waals surface area contributed by atoms with Crippen molar-refractivity contribution in [1.82, 2.24) is 10.3 Å². The van der Waals surface area contributed by atoms with E-state index < -0.39 is 11.6 Å². The van der Waals surface area contributed by atoms with Gasteiger partial charge in [0.1, 0.15) is 23.1 Å². The maximum absolute atomic E-state index is 13.2. The molecule has 0 bridgehead atoms. The molecule has 0 spiro atoms. The van der Waals surface area contributed by atoms with Gasteiger partial charge < -0.3 is 10.1 Å². The molecule has 0 aliphatic heterocycles. The highest BCUT2D eigenvalue weighted by atomic mass is 19.1. The third-order valence-electron chi connectivity index (χ3n) is 2.74. The highest BCUT2D eigenvalue weighted by molar-refractivity contribution is 5.35. The molecule has 0 amide bonds. The minimum atomic E-state index is -0.678. The minimum Gasteiger partial charge on any atom is -0.455 e. The highest BCUT2D eigenvalue weighted by Gasteiger charge is 2.12. The van der Waals surface area contributed by atoms with E-state index >= 15 is 0 Å². The topological polar surface area (TPSA) is 34.2 Å². The van der Waals surface area contributed by atoms with Gasteiger partial charge in [0, 0.05) is 42.0 Å². The Morgan fingerprint density at radius 3 is 2.43 bits per heavy atom. The zero-order valence-corrected chi connectivity index (χ0v) is 12.3. The lowest BCUT2D eigenvalue weighted by Gasteiger charge is -2.21. The van der Waals surface area contributed by atoms with Gasteiger partial charge in [-0.2, -0.15) is 0 Å². The second-order valence-electron chi connectivity index (χ2n) is 5.79. The van der Waals surface area contributed by atoms with E-state index in [4.69, 9.17) is 4.74 Å². The smallest absolute Gasteiger partial charge is 0.150 e. The first kappa shape index (κ1) is 15.4. The van der Waals surface area contributed by atoms with Gasteiger partial charge in [-0.15, -0.1) is 0 Å². The molecule has 0 aliphatic rings. The summed E-state index contributed by atoms with van der Waals surface area (Å²) >= 11 is 0. The molecule has 0 saturated carbocycles. The molecule has 0 radical (unpaired) electrons. The first-order valence-corrected chi connectivity index (χ1v) is 6.65. The van der Waals surface area contributed by atoms with Crippen molar-refractivity contribution < 1.29 is 13.5 Å². The van der Waals surface area contributed by atoms with Crippen molar-refractivity contribution in [2.45, 2.75) is 32.9 Å². The van der Waals surface area contributed by atoms with Crippen LogP contribution in [0.2, 0.25) is 0 Å². The SMILES string of the molecule is CC(C)(C)NCc1ccncc1Oc1cc(F)cc(F)c1. The molecule has 2 aromatic rings. The molecule has 0 aliphatic carbocycles. The van der Waals surface area contributed by atoms with Crippen LogP contribution in [0.3, 0.4) is 0 Å². The van der Waals surface area contributed by atoms with E-state index in [1.807, 2.05) is 6.07 Å². The van der Waals surface area contributed by atoms with Crippen LogP contribution in [0.4, 0.5) is 8.78 Å². The van der Waals surface area contributed by atoms with Gasteiger partial charge in [0.25, 0.3) is 0 Å². The second kappa shape index (κ2) is 6.18. The highest BCUT2D eigenvalue weighted by Crippen LogP contribution is 2.26. The Bertz CT molecular complexity index is 604. The van der Waals surface area contributed by atoms with Crippen molar-refractivity contribution in [3.8, 4) is 11.5 Å². The summed E-state index contributed by atoms with van der Waals surface area (Å²) in [7, 11) is 0. The minimum absolute atomic E-state index is 0.0501. The molecule has 1 aromatic heterocycles. The number of halogens is 2. The molecule has 0 fully saturated rings. The molecule has 1 N–H and O–H groups in total. The molecular formula is C16H18F2N2O. The van der Waals surface area contributed by atoms with Crippen LogP contribution < -0.4 is 10.1 Å². The van der Waals surface area contributed by atoms with Crippen LogP contribution >= 0.6 is 0 Å². The van der Waals surface area contributed by atoms with E-state index in [2.05, 4.69) is 31.1 Å². The molecule has 21 heavy (non-hydrogen) atoms. The fraction of sp³-hybridized carbons (Fsp3) is 0.312. The lowest BCUT2D eigenvalue weighted by atomic mass is 10.1. The van der Waals surface area contributed by atoms with Gasteiger partial charge in [-0.3, -0.25) is 4.98 Å². The summed E-state index contributed by atoms with van der Waals surface area (Å²) in [5, 5.41) is 3.33. The molecule has 0 atom stereocenters. The maximum atomic E-state index is 13.2. The van der Waals surface area contributed by atoms with Crippen LogP contribution in [0.25, 0.3) is 0 Å². The Kier molecular flexibility index (Phi) is 4.53. The summed E-state index contributed by atoms with van der Waals surface area (Å²) in [6, 6.07) is 4.88. The lowest BCUT2D eigenvalue weighted by Crippen LogP contribution is -2.35. The maximum Gasteiger partial charge on any atom is 0.150 e. The second-order valence-corrected chi connectivity index (χ2v) is 5.79. The summed E-state index contributed by atoms with van der Waals surface area (Å²) in [4.78, 5) is 3.99. The van der Waals surface area contributed by atoms with Crippen molar-refractivity contribution in [3.63, 3.8) is 0 Å². The zero-order valence-electron chi connectivity index (χ0n) is 12.3. The van der Waals surface area contributed by atoms with Crippen LogP contribution in [-0.2, 0) is 6.54 Å². The van der Waals surface area contributed by atoms with Crippen LogP contribution in [0.5, 0.6) is 11.5 Å². The van der Waals surface area contributed by atoms with Gasteiger partial charge in [-0.05, 0) is 26.8 Å². The molecule has 1 aromatic carbocycles. The molecule has 1 heterocycles. The largest absolute Gasteiger partial charge is 0.455 e. The zero-order chi connectivity index (χ0) is 15.5. The number of nitrogens with zero attached hydrogens (tertiary/aromatic N) is 1. The number of pyridine rings is 1. The number of hydrogen-bond acceptors (Lipinski definition) is 3. The van der Waals surface area contributed by atoms with Gasteiger partial charge in [0.15, 0.2) is 0 Å². The summed E-state index contributed by atoms with van der Waals surface area (Å²) in [6.45, 7) is 6.73. The van der Waals surface area contributed by atoms with Crippen LogP contribution in [0, 0.1) is 11.6 Å². The average Bonchev–Trinajstić information content (AvgIpc) is 2.35. The Hall–Kier alpha value is -2.01. The van der Waals surface area contributed by atoms with E-state index in [1.165, 1.54) is 6.20 Å². The number of ether oxygens (including phenoxy) is 1. The molecule has 2 rings (SSSR count). The van der Waals surface area contributed by atoms with Gasteiger partial charge in [-0.25, -0.2) is 8.78 Å². The van der Waals surface area contributed by atoms with Crippen molar-refractivity contribution in [3.05, 3.63) is 53.9 Å². The van der Waals surface area contributed by atoms with Crippen LogP contribution in [0.15, 0.2) is 36.7 Å². The van der Waals surface area contributed by atoms with E-state index in [-0.39, 0.29) is 11.3 Å². The average molecular weight is 292 g/mol. The number of benzene rings is 1.